The molecule has 0 saturated carbocycles. The summed E-state index contributed by atoms with van der Waals surface area (Å²) in [5.41, 5.74) is 3.55. The van der Waals surface area contributed by atoms with Gasteiger partial charge in [-0.2, -0.15) is 8.78 Å². The number of ether oxygens (including phenoxy) is 1. The van der Waals surface area contributed by atoms with Crippen LogP contribution in [0, 0.1) is 23.3 Å². The van der Waals surface area contributed by atoms with Crippen LogP contribution in [0.15, 0.2) is 36.4 Å². The molecule has 1 amide bonds. The molecular weight excluding hydrogens is 588 g/mol. The maximum Gasteiger partial charge on any atom is 0.291 e. The Labute approximate surface area is 249 Å². The Kier molecular flexibility index (Phi) is 7.47. The first-order valence-electron chi connectivity index (χ1n) is 13.5. The van der Waals surface area contributed by atoms with Crippen LogP contribution in [-0.2, 0) is 26.4 Å². The average molecular weight is 613 g/mol. The number of nitrogens with one attached hydrogen (secondary N) is 1. The van der Waals surface area contributed by atoms with E-state index in [9.17, 15) is 27.2 Å². The highest BCUT2D eigenvalue weighted by atomic mass is 35.5. The molecule has 2 aliphatic rings. The molecule has 0 radical (unpaired) electrons. The molecule has 0 spiro atoms. The minimum absolute atomic E-state index is 0.261. The molecule has 0 saturated heterocycles. The van der Waals surface area contributed by atoms with E-state index in [1.54, 1.807) is 34.9 Å². The van der Waals surface area contributed by atoms with Crippen molar-refractivity contribution in [1.29, 1.82) is 0 Å². The van der Waals surface area contributed by atoms with Crippen molar-refractivity contribution in [1.82, 2.24) is 14.5 Å². The van der Waals surface area contributed by atoms with Crippen molar-refractivity contribution in [2.45, 2.75) is 31.9 Å². The van der Waals surface area contributed by atoms with Crippen LogP contribution < -0.4 is 10.1 Å². The van der Waals surface area contributed by atoms with E-state index < -0.39 is 46.6 Å². The minimum atomic E-state index is -1.82. The van der Waals surface area contributed by atoms with E-state index in [0.29, 0.717) is 35.3 Å². The minimum Gasteiger partial charge on any atom is -0.479 e. The molecule has 1 aliphatic carbocycles. The van der Waals surface area contributed by atoms with Crippen molar-refractivity contribution in [3.05, 3.63) is 98.6 Å². The third-order valence-electron chi connectivity index (χ3n) is 8.04. The monoisotopic (exact) mass is 612 g/mol. The smallest absolute Gasteiger partial charge is 0.291 e. The predicted octanol–water partition coefficient (Wildman–Crippen LogP) is 6.42. The van der Waals surface area contributed by atoms with Crippen LogP contribution >= 0.6 is 11.6 Å². The number of carbonyl (C=O) groups excluding carboxylic acids is 2. The van der Waals surface area contributed by atoms with Crippen molar-refractivity contribution < 1.29 is 31.9 Å². The standard InChI is InChI=1S/C31H25ClF4N4O3/c1-39-12-11-22-21(13-39)37-30(40(22)2)31(42)38-20-8-4-7-18(24(20)32)15-5-3-6-17-16(15)9-10-23(17)43-29-27(35)25(33)19(14-41)26(34)28(29)36/h3-8,14,23H,9-13H2,1-2H3,(H,38,42). The van der Waals surface area contributed by atoms with E-state index in [4.69, 9.17) is 16.3 Å². The zero-order chi connectivity index (χ0) is 30.6. The van der Waals surface area contributed by atoms with Gasteiger partial charge in [0.05, 0.1) is 22.0 Å². The summed E-state index contributed by atoms with van der Waals surface area (Å²) in [5.74, 6) is -8.56. The number of aromatic nitrogens is 2. The zero-order valence-electron chi connectivity index (χ0n) is 23.1. The Bertz CT molecular complexity index is 1780. The summed E-state index contributed by atoms with van der Waals surface area (Å²) in [5, 5.41) is 3.14. The first kappa shape index (κ1) is 28.9. The molecule has 1 aliphatic heterocycles. The normalized spacial score (nSPS) is 16.1. The van der Waals surface area contributed by atoms with Gasteiger partial charge in [0.1, 0.15) is 6.10 Å². The van der Waals surface area contributed by atoms with Gasteiger partial charge in [0.25, 0.3) is 5.91 Å². The number of fused-ring (bicyclic) bond motifs is 2. The topological polar surface area (TPSA) is 76.5 Å². The Morgan fingerprint density at radius 1 is 1.02 bits per heavy atom. The van der Waals surface area contributed by atoms with Crippen LogP contribution in [-0.4, -0.2) is 40.2 Å². The third kappa shape index (κ3) is 4.86. The van der Waals surface area contributed by atoms with Crippen LogP contribution in [0.3, 0.4) is 0 Å². The molecule has 43 heavy (non-hydrogen) atoms. The van der Waals surface area contributed by atoms with Crippen molar-refractivity contribution >= 4 is 29.5 Å². The molecule has 1 aromatic heterocycles. The number of nitrogens with zero attached hydrogens (tertiary/aromatic N) is 3. The van der Waals surface area contributed by atoms with Crippen LogP contribution in [0.1, 0.15) is 56.0 Å². The average Bonchev–Trinajstić information content (AvgIpc) is 3.56. The number of benzene rings is 3. The number of carbonyl (C=O) groups is 2. The van der Waals surface area contributed by atoms with E-state index in [0.717, 1.165) is 29.9 Å². The number of imidazole rings is 1. The fourth-order valence-electron chi connectivity index (χ4n) is 5.85. The molecule has 0 fully saturated rings. The SMILES string of the molecule is CN1CCc2c(nc(C(=O)Nc3cccc(-c4cccc5c4CCC5Oc4c(F)c(F)c(C=O)c(F)c4F)c3Cl)n2C)C1. The Hall–Kier alpha value is -4.22. The Morgan fingerprint density at radius 2 is 1.72 bits per heavy atom. The van der Waals surface area contributed by atoms with Crippen LogP contribution in [0.25, 0.3) is 11.1 Å². The molecule has 1 unspecified atom stereocenters. The van der Waals surface area contributed by atoms with Gasteiger partial charge in [0.15, 0.2) is 29.5 Å². The fraction of sp³-hybridized carbons (Fsp3) is 0.258. The number of amides is 1. The first-order chi connectivity index (χ1) is 20.6. The van der Waals surface area contributed by atoms with Gasteiger partial charge in [-0.1, -0.05) is 41.9 Å². The highest BCUT2D eigenvalue weighted by Crippen LogP contribution is 2.44. The van der Waals surface area contributed by atoms with E-state index in [2.05, 4.69) is 15.2 Å². The molecule has 2 heterocycles. The summed E-state index contributed by atoms with van der Waals surface area (Å²) < 4.78 is 64.8. The van der Waals surface area contributed by atoms with Gasteiger partial charge < -0.3 is 19.5 Å². The first-order valence-corrected chi connectivity index (χ1v) is 13.9. The predicted molar refractivity (Wildman–Crippen MR) is 151 cm³/mol. The number of rotatable bonds is 6. The van der Waals surface area contributed by atoms with Crippen molar-refractivity contribution in [3.8, 4) is 16.9 Å². The molecule has 12 heteroatoms. The number of hydrogen-bond acceptors (Lipinski definition) is 5. The zero-order valence-corrected chi connectivity index (χ0v) is 23.9. The molecular formula is C31H25ClF4N4O3. The summed E-state index contributed by atoms with van der Waals surface area (Å²) in [6.45, 7) is 1.53. The number of aldehydes is 1. The molecule has 0 bridgehead atoms. The lowest BCUT2D eigenvalue weighted by atomic mass is 9.96. The van der Waals surface area contributed by atoms with E-state index in [-0.39, 0.29) is 23.6 Å². The lowest BCUT2D eigenvalue weighted by Crippen LogP contribution is -2.27. The van der Waals surface area contributed by atoms with Gasteiger partial charge in [-0.3, -0.25) is 9.59 Å². The second-order valence-corrected chi connectivity index (χ2v) is 11.0. The van der Waals surface area contributed by atoms with Crippen LogP contribution in [0.4, 0.5) is 23.2 Å². The highest BCUT2D eigenvalue weighted by molar-refractivity contribution is 6.36. The highest BCUT2D eigenvalue weighted by Gasteiger charge is 2.33. The van der Waals surface area contributed by atoms with Gasteiger partial charge in [-0.25, -0.2) is 13.8 Å². The third-order valence-corrected chi connectivity index (χ3v) is 8.44. The molecule has 4 aromatic rings. The second-order valence-electron chi connectivity index (χ2n) is 10.6. The number of anilines is 1. The van der Waals surface area contributed by atoms with Gasteiger partial charge in [-0.15, -0.1) is 0 Å². The molecule has 1 atom stereocenters. The van der Waals surface area contributed by atoms with Gasteiger partial charge in [0.2, 0.25) is 11.6 Å². The van der Waals surface area contributed by atoms with Crippen molar-refractivity contribution in [3.63, 3.8) is 0 Å². The van der Waals surface area contributed by atoms with E-state index >= 15 is 0 Å². The number of likely N-dealkylation sites (N-methyl/N-ethyl adjacent to an activating group) is 1. The molecule has 1 N–H and O–H groups in total. The maximum absolute atomic E-state index is 14.6. The van der Waals surface area contributed by atoms with Crippen LogP contribution in [0.2, 0.25) is 5.02 Å². The molecule has 6 rings (SSSR count). The number of hydrogen-bond donors (Lipinski definition) is 1. The Morgan fingerprint density at radius 3 is 2.44 bits per heavy atom. The Balaban J connectivity index is 1.29. The largest absolute Gasteiger partial charge is 0.479 e. The molecule has 7 nitrogen and oxygen atoms in total. The molecule has 222 valence electrons. The summed E-state index contributed by atoms with van der Waals surface area (Å²) in [6.07, 6.45) is 0.250. The summed E-state index contributed by atoms with van der Waals surface area (Å²) in [4.78, 5) is 30.9. The van der Waals surface area contributed by atoms with Gasteiger partial charge in [-0.05, 0) is 42.6 Å². The van der Waals surface area contributed by atoms with Gasteiger partial charge in [0, 0.05) is 37.8 Å². The fourth-order valence-corrected chi connectivity index (χ4v) is 6.12. The maximum atomic E-state index is 14.6. The lowest BCUT2D eigenvalue weighted by molar-refractivity contribution is 0.101. The quantitative estimate of drug-likeness (QED) is 0.155. The second kappa shape index (κ2) is 11.1. The number of halogens is 5. The lowest BCUT2D eigenvalue weighted by Gasteiger charge is -2.21. The summed E-state index contributed by atoms with van der Waals surface area (Å²) in [7, 11) is 3.81. The van der Waals surface area contributed by atoms with E-state index in [1.807, 2.05) is 20.2 Å². The van der Waals surface area contributed by atoms with Crippen LogP contribution in [0.5, 0.6) is 5.75 Å². The summed E-state index contributed by atoms with van der Waals surface area (Å²) in [6, 6.07) is 10.4. The van der Waals surface area contributed by atoms with E-state index in [1.165, 1.54) is 0 Å². The van der Waals surface area contributed by atoms with Crippen molar-refractivity contribution in [2.75, 3.05) is 18.9 Å². The summed E-state index contributed by atoms with van der Waals surface area (Å²) >= 11 is 6.82. The molecule has 3 aromatic carbocycles. The van der Waals surface area contributed by atoms with Gasteiger partial charge >= 0.3 is 0 Å². The van der Waals surface area contributed by atoms with Crippen molar-refractivity contribution in [2.24, 2.45) is 7.05 Å².